The molecular formula is C21H23N3O7. The van der Waals surface area contributed by atoms with Crippen LogP contribution in [-0.2, 0) is 4.74 Å². The van der Waals surface area contributed by atoms with Gasteiger partial charge in [0.05, 0.1) is 37.4 Å². The highest BCUT2D eigenvalue weighted by Crippen LogP contribution is 2.38. The zero-order chi connectivity index (χ0) is 21.8. The molecule has 1 fully saturated rings. The van der Waals surface area contributed by atoms with E-state index in [0.717, 1.165) is 24.4 Å². The van der Waals surface area contributed by atoms with Gasteiger partial charge in [-0.1, -0.05) is 12.1 Å². The fourth-order valence-corrected chi connectivity index (χ4v) is 3.72. The number of nitrogens with zero attached hydrogens (tertiary/aromatic N) is 2. The molecule has 0 unspecified atom stereocenters. The zero-order valence-corrected chi connectivity index (χ0v) is 17.0. The first-order valence-electron chi connectivity index (χ1n) is 9.89. The van der Waals surface area contributed by atoms with Crippen molar-refractivity contribution >= 4 is 11.6 Å². The normalized spacial score (nSPS) is 16.5. The SMILES string of the molecule is COc1ccc([C@@H](CNC(=O)c2cc3c(cc2[N+](=O)[O-])OCO3)N2CCOCC2)cc1. The molecule has 2 aromatic rings. The third kappa shape index (κ3) is 4.54. The van der Waals surface area contributed by atoms with E-state index in [1.807, 2.05) is 24.3 Å². The monoisotopic (exact) mass is 429 g/mol. The second-order valence-electron chi connectivity index (χ2n) is 7.13. The molecular weight excluding hydrogens is 406 g/mol. The molecule has 2 aliphatic heterocycles. The van der Waals surface area contributed by atoms with Gasteiger partial charge in [-0.25, -0.2) is 0 Å². The predicted octanol–water partition coefficient (Wildman–Crippen LogP) is 2.14. The third-order valence-corrected chi connectivity index (χ3v) is 5.38. The van der Waals surface area contributed by atoms with Gasteiger partial charge >= 0.3 is 0 Å². The van der Waals surface area contributed by atoms with E-state index in [0.29, 0.717) is 19.0 Å². The molecule has 31 heavy (non-hydrogen) atoms. The molecule has 2 heterocycles. The number of nitro groups is 1. The standard InChI is InChI=1S/C21H23N3O7/c1-28-15-4-2-14(3-5-15)18(23-6-8-29-9-7-23)12-22-21(25)16-10-19-20(31-13-30-19)11-17(16)24(26)27/h2-5,10-11,18H,6-9,12-13H2,1H3,(H,22,25)/t18-/m1/s1. The number of carbonyl (C=O) groups excluding carboxylic acids is 1. The van der Waals surface area contributed by atoms with Crippen LogP contribution in [0.15, 0.2) is 36.4 Å². The summed E-state index contributed by atoms with van der Waals surface area (Å²) >= 11 is 0. The Morgan fingerprint density at radius 1 is 1.19 bits per heavy atom. The zero-order valence-electron chi connectivity index (χ0n) is 17.0. The number of hydrogen-bond acceptors (Lipinski definition) is 8. The van der Waals surface area contributed by atoms with E-state index < -0.39 is 10.8 Å². The minimum atomic E-state index is -0.597. The van der Waals surface area contributed by atoms with Crippen LogP contribution in [0.4, 0.5) is 5.69 Å². The molecule has 1 amide bonds. The Morgan fingerprint density at radius 2 is 1.87 bits per heavy atom. The first kappa shape index (κ1) is 20.9. The van der Waals surface area contributed by atoms with E-state index in [1.165, 1.54) is 12.1 Å². The Labute approximate surface area is 178 Å². The number of hydrogen-bond donors (Lipinski definition) is 1. The second kappa shape index (κ2) is 9.19. The Balaban J connectivity index is 1.55. The number of methoxy groups -OCH3 is 1. The molecule has 0 aliphatic carbocycles. The van der Waals surface area contributed by atoms with Gasteiger partial charge in [-0.3, -0.25) is 19.8 Å². The van der Waals surface area contributed by atoms with Gasteiger partial charge in [0.15, 0.2) is 11.5 Å². The van der Waals surface area contributed by atoms with Crippen LogP contribution in [0.2, 0.25) is 0 Å². The van der Waals surface area contributed by atoms with Crippen LogP contribution in [0.5, 0.6) is 17.2 Å². The van der Waals surface area contributed by atoms with Gasteiger partial charge < -0.3 is 24.3 Å². The summed E-state index contributed by atoms with van der Waals surface area (Å²) in [5.41, 5.74) is 0.613. The average molecular weight is 429 g/mol. The number of nitro benzene ring substituents is 1. The summed E-state index contributed by atoms with van der Waals surface area (Å²) < 4.78 is 21.2. The van der Waals surface area contributed by atoms with Gasteiger partial charge in [0, 0.05) is 25.7 Å². The van der Waals surface area contributed by atoms with Gasteiger partial charge in [0.2, 0.25) is 6.79 Å². The number of ether oxygens (including phenoxy) is 4. The second-order valence-corrected chi connectivity index (χ2v) is 7.13. The number of benzene rings is 2. The van der Waals surface area contributed by atoms with Crippen LogP contribution in [-0.4, -0.2) is 62.5 Å². The van der Waals surface area contributed by atoms with Crippen molar-refractivity contribution < 1.29 is 28.7 Å². The first-order valence-corrected chi connectivity index (χ1v) is 9.89. The van der Waals surface area contributed by atoms with E-state index in [9.17, 15) is 14.9 Å². The summed E-state index contributed by atoms with van der Waals surface area (Å²) in [6, 6.07) is 10.1. The molecule has 2 aliphatic rings. The van der Waals surface area contributed by atoms with E-state index in [1.54, 1.807) is 7.11 Å². The third-order valence-electron chi connectivity index (χ3n) is 5.38. The molecule has 0 bridgehead atoms. The van der Waals surface area contributed by atoms with Crippen LogP contribution in [0.1, 0.15) is 22.0 Å². The lowest BCUT2D eigenvalue weighted by Gasteiger charge is -2.35. The van der Waals surface area contributed by atoms with E-state index in [-0.39, 0.29) is 36.4 Å². The molecule has 10 nitrogen and oxygen atoms in total. The summed E-state index contributed by atoms with van der Waals surface area (Å²) in [7, 11) is 1.60. The highest BCUT2D eigenvalue weighted by Gasteiger charge is 2.29. The molecule has 4 rings (SSSR count). The minimum Gasteiger partial charge on any atom is -0.497 e. The van der Waals surface area contributed by atoms with Crippen molar-refractivity contribution in [2.45, 2.75) is 6.04 Å². The summed E-state index contributed by atoms with van der Waals surface area (Å²) in [4.78, 5) is 26.0. The van der Waals surface area contributed by atoms with Crippen LogP contribution in [0.3, 0.4) is 0 Å². The fraction of sp³-hybridized carbons (Fsp3) is 0.381. The van der Waals surface area contributed by atoms with Crippen molar-refractivity contribution in [2.75, 3.05) is 46.8 Å². The van der Waals surface area contributed by atoms with Gasteiger partial charge in [-0.15, -0.1) is 0 Å². The van der Waals surface area contributed by atoms with E-state index >= 15 is 0 Å². The molecule has 0 spiro atoms. The lowest BCUT2D eigenvalue weighted by atomic mass is 10.0. The Morgan fingerprint density at radius 3 is 2.52 bits per heavy atom. The molecule has 2 aromatic carbocycles. The molecule has 164 valence electrons. The van der Waals surface area contributed by atoms with Crippen LogP contribution >= 0.6 is 0 Å². The molecule has 1 N–H and O–H groups in total. The summed E-state index contributed by atoms with van der Waals surface area (Å²) in [5.74, 6) is 0.768. The first-order chi connectivity index (χ1) is 15.1. The highest BCUT2D eigenvalue weighted by molar-refractivity contribution is 5.99. The maximum absolute atomic E-state index is 12.9. The van der Waals surface area contributed by atoms with Gasteiger partial charge in [0.1, 0.15) is 11.3 Å². The molecule has 1 atom stereocenters. The molecule has 0 saturated carbocycles. The van der Waals surface area contributed by atoms with Crippen molar-refractivity contribution in [1.29, 1.82) is 0 Å². The Bertz CT molecular complexity index is 958. The number of rotatable bonds is 7. The topological polar surface area (TPSA) is 112 Å². The number of carbonyl (C=O) groups is 1. The summed E-state index contributed by atoms with van der Waals surface area (Å²) in [6.45, 7) is 2.89. The fourth-order valence-electron chi connectivity index (χ4n) is 3.72. The van der Waals surface area contributed by atoms with Crippen LogP contribution in [0, 0.1) is 10.1 Å². The van der Waals surface area contributed by atoms with Gasteiger partial charge in [-0.05, 0) is 17.7 Å². The van der Waals surface area contributed by atoms with Crippen LogP contribution < -0.4 is 19.5 Å². The van der Waals surface area contributed by atoms with Gasteiger partial charge in [-0.2, -0.15) is 0 Å². The molecule has 0 radical (unpaired) electrons. The van der Waals surface area contributed by atoms with Crippen molar-refractivity contribution in [2.24, 2.45) is 0 Å². The molecule has 10 heteroatoms. The predicted molar refractivity (Wildman–Crippen MR) is 110 cm³/mol. The number of morpholine rings is 1. The maximum Gasteiger partial charge on any atom is 0.286 e. The quantitative estimate of drug-likeness (QED) is 0.526. The van der Waals surface area contributed by atoms with Crippen molar-refractivity contribution in [3.8, 4) is 17.2 Å². The lowest BCUT2D eigenvalue weighted by molar-refractivity contribution is -0.385. The van der Waals surface area contributed by atoms with Crippen molar-refractivity contribution in [3.63, 3.8) is 0 Å². The van der Waals surface area contributed by atoms with Crippen molar-refractivity contribution in [3.05, 3.63) is 57.6 Å². The summed E-state index contributed by atoms with van der Waals surface area (Å²) in [6.07, 6.45) is 0. The van der Waals surface area contributed by atoms with Gasteiger partial charge in [0.25, 0.3) is 11.6 Å². The number of amides is 1. The Hall–Kier alpha value is -3.37. The molecule has 0 aromatic heterocycles. The number of fused-ring (bicyclic) bond motifs is 1. The lowest BCUT2D eigenvalue weighted by Crippen LogP contribution is -2.43. The largest absolute Gasteiger partial charge is 0.497 e. The van der Waals surface area contributed by atoms with Crippen LogP contribution in [0.25, 0.3) is 0 Å². The maximum atomic E-state index is 12.9. The highest BCUT2D eigenvalue weighted by atomic mass is 16.7. The minimum absolute atomic E-state index is 0.0336. The number of nitrogens with one attached hydrogen (secondary N) is 1. The smallest absolute Gasteiger partial charge is 0.286 e. The Kier molecular flexibility index (Phi) is 6.19. The average Bonchev–Trinajstić information content (AvgIpc) is 3.27. The molecule has 1 saturated heterocycles. The summed E-state index contributed by atoms with van der Waals surface area (Å²) in [5, 5.41) is 14.3. The van der Waals surface area contributed by atoms with E-state index in [4.69, 9.17) is 18.9 Å². The van der Waals surface area contributed by atoms with E-state index in [2.05, 4.69) is 10.2 Å². The van der Waals surface area contributed by atoms with Crippen molar-refractivity contribution in [1.82, 2.24) is 10.2 Å².